The van der Waals surface area contributed by atoms with Gasteiger partial charge in [0.05, 0.1) is 6.20 Å². The largest absolute Gasteiger partial charge is 0.385 e. The van der Waals surface area contributed by atoms with Crippen molar-refractivity contribution in [2.75, 3.05) is 0 Å². The number of aromatic amines is 1. The lowest BCUT2D eigenvalue weighted by atomic mass is 10.1. The average Bonchev–Trinajstić information content (AvgIpc) is 2.84. The van der Waals surface area contributed by atoms with Crippen molar-refractivity contribution in [3.8, 4) is 0 Å². The predicted molar refractivity (Wildman–Crippen MR) is 52.9 cm³/mol. The minimum atomic E-state index is -0.590. The summed E-state index contributed by atoms with van der Waals surface area (Å²) in [6.07, 6.45) is 5.92. The van der Waals surface area contributed by atoms with Crippen molar-refractivity contribution in [2.24, 2.45) is 7.05 Å². The van der Waals surface area contributed by atoms with Gasteiger partial charge in [0, 0.05) is 13.2 Å². The molecular weight excluding hydrogens is 194 g/mol. The molecule has 2 N–H and O–H groups in total. The molecule has 0 aliphatic carbocycles. The first-order valence-corrected chi connectivity index (χ1v) is 4.76. The molecule has 15 heavy (non-hydrogen) atoms. The van der Waals surface area contributed by atoms with Crippen LogP contribution in [0.3, 0.4) is 0 Å². The maximum atomic E-state index is 9.72. The van der Waals surface area contributed by atoms with Crippen LogP contribution in [0.5, 0.6) is 0 Å². The summed E-state index contributed by atoms with van der Waals surface area (Å²) in [5.41, 5.74) is 1.11. The van der Waals surface area contributed by atoms with Crippen LogP contribution >= 0.6 is 0 Å². The van der Waals surface area contributed by atoms with E-state index in [0.29, 0.717) is 12.2 Å². The summed E-state index contributed by atoms with van der Waals surface area (Å²) in [5, 5.41) is 20.1. The van der Waals surface area contributed by atoms with Gasteiger partial charge in [0.25, 0.3) is 0 Å². The van der Waals surface area contributed by atoms with Gasteiger partial charge in [-0.05, 0) is 18.4 Å². The van der Waals surface area contributed by atoms with Gasteiger partial charge >= 0.3 is 0 Å². The zero-order valence-corrected chi connectivity index (χ0v) is 8.46. The van der Waals surface area contributed by atoms with Crippen LogP contribution in [0.2, 0.25) is 0 Å². The number of nitrogens with zero attached hydrogens (tertiary/aromatic N) is 4. The molecule has 0 bridgehead atoms. The summed E-state index contributed by atoms with van der Waals surface area (Å²) in [7, 11) is 1.87. The number of aliphatic hydroxyl groups is 1. The van der Waals surface area contributed by atoms with Gasteiger partial charge in [-0.2, -0.15) is 10.2 Å². The zero-order valence-electron chi connectivity index (χ0n) is 8.46. The second kappa shape index (κ2) is 4.22. The molecule has 6 nitrogen and oxygen atoms in total. The fourth-order valence-electron chi connectivity index (χ4n) is 1.42. The molecule has 0 aliphatic rings. The van der Waals surface area contributed by atoms with Gasteiger partial charge in [-0.3, -0.25) is 9.78 Å². The standard InChI is InChI=1S/C9H13N5O/c1-14-5-7(4-12-14)2-3-8(15)9-10-6-11-13-9/h4-6,8,15H,2-3H2,1H3,(H,10,11,13). The third-order valence-corrected chi connectivity index (χ3v) is 2.21. The highest BCUT2D eigenvalue weighted by atomic mass is 16.3. The third-order valence-electron chi connectivity index (χ3n) is 2.21. The summed E-state index contributed by atoms with van der Waals surface area (Å²) in [4.78, 5) is 3.90. The number of rotatable bonds is 4. The second-order valence-electron chi connectivity index (χ2n) is 3.45. The Morgan fingerprint density at radius 2 is 2.47 bits per heavy atom. The van der Waals surface area contributed by atoms with Crippen molar-refractivity contribution in [1.29, 1.82) is 0 Å². The molecule has 0 aliphatic heterocycles. The molecule has 0 fully saturated rings. The van der Waals surface area contributed by atoms with E-state index in [9.17, 15) is 5.11 Å². The number of hydrogen-bond donors (Lipinski definition) is 2. The van der Waals surface area contributed by atoms with Crippen LogP contribution in [-0.2, 0) is 13.5 Å². The second-order valence-corrected chi connectivity index (χ2v) is 3.45. The summed E-state index contributed by atoms with van der Waals surface area (Å²) < 4.78 is 1.75. The lowest BCUT2D eigenvalue weighted by molar-refractivity contribution is 0.158. The quantitative estimate of drug-likeness (QED) is 0.750. The Labute approximate surface area is 87.0 Å². The monoisotopic (exact) mass is 207 g/mol. The molecule has 0 saturated carbocycles. The molecular formula is C9H13N5O. The van der Waals surface area contributed by atoms with E-state index in [2.05, 4.69) is 20.3 Å². The number of aromatic nitrogens is 5. The van der Waals surface area contributed by atoms with Gasteiger partial charge in [0.1, 0.15) is 12.4 Å². The van der Waals surface area contributed by atoms with E-state index in [0.717, 1.165) is 12.0 Å². The molecule has 0 spiro atoms. The van der Waals surface area contributed by atoms with Crippen LogP contribution in [0.1, 0.15) is 23.9 Å². The lowest BCUT2D eigenvalue weighted by Crippen LogP contribution is -2.01. The fraction of sp³-hybridized carbons (Fsp3) is 0.444. The first-order chi connectivity index (χ1) is 7.25. The van der Waals surface area contributed by atoms with Gasteiger partial charge in [-0.15, -0.1) is 0 Å². The molecule has 2 rings (SSSR count). The molecule has 0 saturated heterocycles. The minimum Gasteiger partial charge on any atom is -0.385 e. The van der Waals surface area contributed by atoms with Crippen LogP contribution in [0.25, 0.3) is 0 Å². The van der Waals surface area contributed by atoms with E-state index < -0.39 is 6.10 Å². The lowest BCUT2D eigenvalue weighted by Gasteiger charge is -2.04. The number of aliphatic hydroxyl groups excluding tert-OH is 1. The van der Waals surface area contributed by atoms with Gasteiger partial charge in [0.2, 0.25) is 0 Å². The van der Waals surface area contributed by atoms with Crippen molar-refractivity contribution < 1.29 is 5.11 Å². The van der Waals surface area contributed by atoms with Gasteiger partial charge in [0.15, 0.2) is 5.82 Å². The van der Waals surface area contributed by atoms with Gasteiger partial charge in [-0.1, -0.05) is 0 Å². The maximum absolute atomic E-state index is 9.72. The Morgan fingerprint density at radius 3 is 3.07 bits per heavy atom. The molecule has 0 aromatic carbocycles. The number of nitrogens with one attached hydrogen (secondary N) is 1. The summed E-state index contributed by atoms with van der Waals surface area (Å²) in [6.45, 7) is 0. The first kappa shape index (κ1) is 9.85. The zero-order chi connectivity index (χ0) is 10.7. The van der Waals surface area contributed by atoms with Crippen LogP contribution in [-0.4, -0.2) is 30.1 Å². The van der Waals surface area contributed by atoms with Crippen LogP contribution in [0, 0.1) is 0 Å². The van der Waals surface area contributed by atoms with E-state index >= 15 is 0 Å². The summed E-state index contributed by atoms with van der Waals surface area (Å²) in [6, 6.07) is 0. The van der Waals surface area contributed by atoms with Crippen molar-refractivity contribution in [3.63, 3.8) is 0 Å². The van der Waals surface area contributed by atoms with Crippen molar-refractivity contribution in [1.82, 2.24) is 25.0 Å². The minimum absolute atomic E-state index is 0.513. The van der Waals surface area contributed by atoms with E-state index in [1.165, 1.54) is 6.33 Å². The van der Waals surface area contributed by atoms with E-state index in [1.807, 2.05) is 13.2 Å². The molecule has 2 aromatic heterocycles. The van der Waals surface area contributed by atoms with Crippen LogP contribution in [0.15, 0.2) is 18.7 Å². The Balaban J connectivity index is 1.88. The SMILES string of the molecule is Cn1cc(CCC(O)c2ncn[nH]2)cn1. The van der Waals surface area contributed by atoms with Crippen molar-refractivity contribution in [3.05, 3.63) is 30.1 Å². The molecule has 1 atom stereocenters. The normalized spacial score (nSPS) is 12.9. The fourth-order valence-corrected chi connectivity index (χ4v) is 1.42. The summed E-state index contributed by atoms with van der Waals surface area (Å²) in [5.74, 6) is 0.513. The van der Waals surface area contributed by atoms with Gasteiger partial charge < -0.3 is 5.11 Å². The number of H-pyrrole nitrogens is 1. The van der Waals surface area contributed by atoms with Crippen molar-refractivity contribution >= 4 is 0 Å². The molecule has 80 valence electrons. The highest BCUT2D eigenvalue weighted by Crippen LogP contribution is 2.14. The topological polar surface area (TPSA) is 79.6 Å². The maximum Gasteiger partial charge on any atom is 0.153 e. The molecule has 0 amide bonds. The highest BCUT2D eigenvalue weighted by Gasteiger charge is 2.10. The van der Waals surface area contributed by atoms with Crippen LogP contribution < -0.4 is 0 Å². The van der Waals surface area contributed by atoms with Crippen LogP contribution in [0.4, 0.5) is 0 Å². The summed E-state index contributed by atoms with van der Waals surface area (Å²) >= 11 is 0. The predicted octanol–water partition coefficient (Wildman–Crippen LogP) is 0.204. The first-order valence-electron chi connectivity index (χ1n) is 4.76. The number of aryl methyl sites for hydroxylation is 2. The Kier molecular flexibility index (Phi) is 2.77. The van der Waals surface area contributed by atoms with E-state index in [4.69, 9.17) is 0 Å². The van der Waals surface area contributed by atoms with E-state index in [-0.39, 0.29) is 0 Å². The highest BCUT2D eigenvalue weighted by molar-refractivity contribution is 5.04. The molecule has 6 heteroatoms. The Morgan fingerprint density at radius 1 is 1.60 bits per heavy atom. The molecule has 2 heterocycles. The smallest absolute Gasteiger partial charge is 0.153 e. The number of hydrogen-bond acceptors (Lipinski definition) is 4. The average molecular weight is 207 g/mol. The molecule has 0 radical (unpaired) electrons. The molecule has 1 unspecified atom stereocenters. The Hall–Kier alpha value is -1.69. The molecule has 2 aromatic rings. The Bertz CT molecular complexity index is 408. The van der Waals surface area contributed by atoms with Gasteiger partial charge in [-0.25, -0.2) is 4.98 Å². The third kappa shape index (κ3) is 2.41. The van der Waals surface area contributed by atoms with E-state index in [1.54, 1.807) is 10.9 Å². The van der Waals surface area contributed by atoms with Crippen molar-refractivity contribution in [2.45, 2.75) is 18.9 Å².